The molecule has 4 saturated carbocycles. The molecule has 648 valence electrons. The summed E-state index contributed by atoms with van der Waals surface area (Å²) in [6.45, 7) is 14.0. The smallest absolute Gasteiger partial charge is 0.427 e. The molecule has 4 aliphatic carbocycles. The lowest BCUT2D eigenvalue weighted by Gasteiger charge is -2.34. The van der Waals surface area contributed by atoms with Crippen molar-refractivity contribution < 1.29 is 119 Å². The summed E-state index contributed by atoms with van der Waals surface area (Å²) in [5, 5.41) is 0.306. The Kier molecular flexibility index (Phi) is 27.2. The Hall–Kier alpha value is -8.56. The number of esters is 2. The van der Waals surface area contributed by atoms with Crippen LogP contribution in [0, 0.1) is 69.8 Å². The molecule has 118 heavy (non-hydrogen) atoms. The van der Waals surface area contributed by atoms with Crippen molar-refractivity contribution in [1.29, 1.82) is 0 Å². The van der Waals surface area contributed by atoms with E-state index in [0.29, 0.717) is 98.6 Å². The van der Waals surface area contributed by atoms with E-state index in [-0.39, 0.29) is 87.1 Å². The number of ether oxygens (including phenoxy) is 6. The highest BCUT2D eigenvalue weighted by Gasteiger charge is 2.64. The molecule has 2 aromatic carbocycles. The molecule has 2 aromatic heterocycles. The molecule has 24 nitrogen and oxygen atoms in total. The molecule has 2 saturated heterocycles. The number of halogens is 8. The van der Waals surface area contributed by atoms with Crippen molar-refractivity contribution >= 4 is 88.7 Å². The maximum Gasteiger partial charge on any atom is 0.427 e. The van der Waals surface area contributed by atoms with Crippen LogP contribution in [0.1, 0.15) is 198 Å². The zero-order valence-corrected chi connectivity index (χ0v) is 69.6. The number of ketones is 2. The number of sulfonamides is 2. The third kappa shape index (κ3) is 20.5. The second-order valence-corrected chi connectivity index (χ2v) is 38.2. The normalized spacial score (nSPS) is 28.8. The lowest BCUT2D eigenvalue weighted by atomic mass is 9.79. The number of pyridine rings is 2. The van der Waals surface area contributed by atoms with Gasteiger partial charge in [-0.2, -0.15) is 26.3 Å². The van der Waals surface area contributed by atoms with Crippen molar-refractivity contribution in [3.05, 3.63) is 84.7 Å². The summed E-state index contributed by atoms with van der Waals surface area (Å²) in [7, 11) is -7.92. The first-order chi connectivity index (χ1) is 55.4. The van der Waals surface area contributed by atoms with E-state index in [1.54, 1.807) is 26.0 Å². The molecule has 0 bridgehead atoms. The maximum absolute atomic E-state index is 15.1. The Morgan fingerprint density at radius 1 is 0.542 bits per heavy atom. The van der Waals surface area contributed by atoms with Gasteiger partial charge in [0.2, 0.25) is 66.6 Å². The zero-order chi connectivity index (χ0) is 86.2. The molecule has 6 fully saturated rings. The second kappa shape index (κ2) is 35.6. The molecule has 4 aromatic rings. The minimum atomic E-state index is -4.89. The summed E-state index contributed by atoms with van der Waals surface area (Å²) in [6, 6.07) is 6.23. The van der Waals surface area contributed by atoms with Gasteiger partial charge in [-0.25, -0.2) is 35.6 Å². The fourth-order valence-corrected chi connectivity index (χ4v) is 19.7. The van der Waals surface area contributed by atoms with E-state index in [0.717, 1.165) is 27.7 Å². The summed E-state index contributed by atoms with van der Waals surface area (Å²) in [6.07, 6.45) is 2.56. The summed E-state index contributed by atoms with van der Waals surface area (Å²) in [5.74, 6) is -12.0. The van der Waals surface area contributed by atoms with Gasteiger partial charge in [-0.1, -0.05) is 64.8 Å². The van der Waals surface area contributed by atoms with Crippen molar-refractivity contribution in [2.24, 2.45) is 58.2 Å². The molecular formula is C84H106F8N6O18S2. The number of carbonyl (C=O) groups is 8. The Balaban J connectivity index is 0.000000231. The van der Waals surface area contributed by atoms with Crippen LogP contribution in [-0.2, 0) is 67.9 Å². The van der Waals surface area contributed by atoms with Crippen LogP contribution in [0.2, 0.25) is 0 Å². The van der Waals surface area contributed by atoms with Crippen LogP contribution >= 0.6 is 0 Å². The van der Waals surface area contributed by atoms with Gasteiger partial charge in [-0.15, -0.1) is 0 Å². The van der Waals surface area contributed by atoms with Crippen LogP contribution in [0.4, 0.5) is 35.1 Å². The Morgan fingerprint density at radius 2 is 0.907 bits per heavy atom. The van der Waals surface area contributed by atoms with Gasteiger partial charge < -0.3 is 38.2 Å². The minimum Gasteiger partial charge on any atom is -0.491 e. The highest BCUT2D eigenvalue weighted by molar-refractivity contribution is 7.91. The number of amides is 4. The fourth-order valence-electron chi connectivity index (χ4n) is 16.9. The number of fused-ring (bicyclic) bond motifs is 6. The monoisotopic (exact) mass is 1700 g/mol. The van der Waals surface area contributed by atoms with Gasteiger partial charge in [-0.05, 0) is 201 Å². The standard InChI is InChI=1S/2C42H53F4N3O9S/c2*1-6-25-16-24(3)10-8-9-11-27-21-41(27,39(53)48-59(54,55)29-12-13-29)22-34(50)33-18-28(57-37-30-19-32(43)35(56-7-2)17-26(30)14-15-47-37)23-49(33)38(52)31(25)20-36(51)58-40(4,5)42(44,45)46/h2*9,11,14-15,17,19,24-25,27-29,31,33H,6-8,10,12-13,16,18,20-23H2,1-5H3,(H,48,53)/b2*11-9-/t24-,25+,27+,28+,31-,33-,41+;24-,25-,27-,28-,31+,33+,41-/m01/s1. The van der Waals surface area contributed by atoms with Gasteiger partial charge in [0, 0.05) is 48.8 Å². The number of hydrogen-bond acceptors (Lipinski definition) is 20. The fraction of sp³-hybridized carbons (Fsp3) is 0.643. The highest BCUT2D eigenvalue weighted by Crippen LogP contribution is 2.59. The number of Topliss-reactive ketones (excluding diaryl/α,β-unsaturated/α-hetero) is 2. The number of benzene rings is 2. The molecule has 0 unspecified atom stereocenters. The third-order valence-corrected chi connectivity index (χ3v) is 28.2. The van der Waals surface area contributed by atoms with E-state index in [4.69, 9.17) is 28.4 Å². The van der Waals surface area contributed by atoms with Crippen LogP contribution in [-0.4, -0.2) is 168 Å². The van der Waals surface area contributed by atoms with Crippen LogP contribution in [0.15, 0.2) is 73.1 Å². The van der Waals surface area contributed by atoms with Crippen LogP contribution in [0.3, 0.4) is 0 Å². The van der Waals surface area contributed by atoms with E-state index in [1.165, 1.54) is 46.5 Å². The van der Waals surface area contributed by atoms with Crippen molar-refractivity contribution in [2.75, 3.05) is 26.3 Å². The van der Waals surface area contributed by atoms with Crippen molar-refractivity contribution in [3.63, 3.8) is 0 Å². The molecule has 6 heterocycles. The number of alkyl halides is 6. The lowest BCUT2D eigenvalue weighted by molar-refractivity contribution is -0.257. The average Bonchev–Trinajstić information content (AvgIpc) is 1.57. The largest absolute Gasteiger partial charge is 0.491 e. The SMILES string of the molecule is CCOc1cc2ccnc(O[C@@H]3C[C@H]4C(=O)C[C@]5(C(=O)NS(=O)(=O)C6CC6)C[C@H]5/C=C\CC[C@@H](C)C[C@@H](CC)[C@H](CC(=O)OC(C)(C)C(F)(F)F)C(=O)N4C3)c2cc1F.CCOc1cc2ccnc(O[C@@H]3C[C@H]4C(=O)C[C@]5(C(=O)NS(=O)(=O)C6CC6)C[C@H]5/C=C\CC[C@H](C)C[C@@H](CC)[C@H](CC(=O)OC(C)(C)C(F)(F)F)C(=O)N4C3)c2cc1F. The molecule has 0 spiro atoms. The van der Waals surface area contributed by atoms with E-state index in [9.17, 15) is 81.5 Å². The molecule has 4 aliphatic heterocycles. The molecule has 12 rings (SSSR count). The van der Waals surface area contributed by atoms with Gasteiger partial charge in [0.05, 0.1) is 84.4 Å². The lowest BCUT2D eigenvalue weighted by Crippen LogP contribution is -2.48. The summed E-state index contributed by atoms with van der Waals surface area (Å²) in [4.78, 5) is 125. The molecule has 4 amide bonds. The highest BCUT2D eigenvalue weighted by atomic mass is 32.2. The second-order valence-electron chi connectivity index (χ2n) is 34.3. The predicted molar refractivity (Wildman–Crippen MR) is 416 cm³/mol. The Labute approximate surface area is 681 Å². The third-order valence-electron chi connectivity index (χ3n) is 24.6. The topological polar surface area (TPSA) is 317 Å². The van der Waals surface area contributed by atoms with Crippen LogP contribution in [0.5, 0.6) is 23.3 Å². The van der Waals surface area contributed by atoms with Gasteiger partial charge in [0.25, 0.3) is 0 Å². The minimum absolute atomic E-state index is 0.00299. The van der Waals surface area contributed by atoms with Crippen LogP contribution in [0.25, 0.3) is 21.5 Å². The van der Waals surface area contributed by atoms with Crippen molar-refractivity contribution in [2.45, 2.75) is 256 Å². The van der Waals surface area contributed by atoms with Gasteiger partial charge >= 0.3 is 24.3 Å². The Morgan fingerprint density at radius 3 is 1.24 bits per heavy atom. The number of nitrogens with one attached hydrogen (secondary N) is 2. The van der Waals surface area contributed by atoms with E-state index in [2.05, 4.69) is 19.4 Å². The van der Waals surface area contributed by atoms with Gasteiger partial charge in [0.1, 0.15) is 12.2 Å². The number of nitrogens with zero attached hydrogens (tertiary/aromatic N) is 4. The van der Waals surface area contributed by atoms with E-state index < -0.39 is 209 Å². The van der Waals surface area contributed by atoms with Crippen molar-refractivity contribution in [1.82, 2.24) is 29.2 Å². The van der Waals surface area contributed by atoms with E-state index >= 15 is 8.78 Å². The Bertz CT molecular complexity index is 4470. The molecule has 0 radical (unpaired) electrons. The molecule has 34 heteroatoms. The summed E-state index contributed by atoms with van der Waals surface area (Å²) >= 11 is 0. The van der Waals surface area contributed by atoms with Gasteiger partial charge in [0.15, 0.2) is 34.7 Å². The number of allylic oxidation sites excluding steroid dienone is 4. The zero-order valence-electron chi connectivity index (χ0n) is 68.0. The first kappa shape index (κ1) is 90.2. The first-order valence-electron chi connectivity index (χ1n) is 40.8. The number of hydrogen-bond donors (Lipinski definition) is 2. The van der Waals surface area contributed by atoms with Crippen LogP contribution < -0.4 is 28.4 Å². The number of carbonyl (C=O) groups excluding carboxylic acids is 8. The predicted octanol–water partition coefficient (Wildman–Crippen LogP) is 14.0. The van der Waals surface area contributed by atoms with Crippen molar-refractivity contribution in [3.8, 4) is 23.3 Å². The molecule has 8 aliphatic rings. The molecule has 2 N–H and O–H groups in total. The van der Waals surface area contributed by atoms with E-state index in [1.807, 2.05) is 52.0 Å². The van der Waals surface area contributed by atoms with Gasteiger partial charge in [-0.3, -0.25) is 47.8 Å². The summed E-state index contributed by atoms with van der Waals surface area (Å²) < 4.78 is 203. The first-order valence-corrected chi connectivity index (χ1v) is 43.9. The quantitative estimate of drug-likeness (QED) is 0.0419. The average molecular weight is 1700 g/mol. The molecular weight excluding hydrogens is 1600 g/mol. The number of aromatic nitrogens is 2. The number of rotatable bonds is 22. The molecule has 14 atom stereocenters. The maximum atomic E-state index is 15.1. The summed E-state index contributed by atoms with van der Waals surface area (Å²) in [5.41, 5.74) is -8.48.